The van der Waals surface area contributed by atoms with Crippen LogP contribution in [0.4, 0.5) is 5.69 Å². The van der Waals surface area contributed by atoms with Gasteiger partial charge in [0.15, 0.2) is 0 Å². The Bertz CT molecular complexity index is 869. The van der Waals surface area contributed by atoms with E-state index in [1.165, 1.54) is 0 Å². The summed E-state index contributed by atoms with van der Waals surface area (Å²) >= 11 is 0. The molecule has 0 saturated heterocycles. The number of hydrogen-bond acceptors (Lipinski definition) is 3. The van der Waals surface area contributed by atoms with Crippen LogP contribution in [0.3, 0.4) is 0 Å². The van der Waals surface area contributed by atoms with Crippen molar-refractivity contribution in [1.29, 1.82) is 0 Å². The Morgan fingerprint density at radius 3 is 2.25 bits per heavy atom. The molecule has 5 heteroatoms. The number of amides is 1. The van der Waals surface area contributed by atoms with Gasteiger partial charge in [-0.05, 0) is 47.5 Å². The van der Waals surface area contributed by atoms with Crippen molar-refractivity contribution in [3.8, 4) is 5.75 Å². The number of rotatable bonds is 8. The highest BCUT2D eigenvalue weighted by Crippen LogP contribution is 2.24. The topological polar surface area (TPSA) is 46.5 Å². The molecule has 0 spiro atoms. The zero-order valence-corrected chi connectivity index (χ0v) is 16.6. The maximum Gasteiger partial charge on any atom is 0.222 e. The Labute approximate surface area is 166 Å². The Kier molecular flexibility index (Phi) is 6.37. The van der Waals surface area contributed by atoms with Gasteiger partial charge in [-0.2, -0.15) is 0 Å². The van der Waals surface area contributed by atoms with E-state index in [2.05, 4.69) is 26.9 Å². The summed E-state index contributed by atoms with van der Waals surface area (Å²) in [5.41, 5.74) is 3.30. The van der Waals surface area contributed by atoms with Crippen LogP contribution in [0.5, 0.6) is 5.75 Å². The molecule has 0 fully saturated rings. The molecule has 1 aromatic heterocycles. The molecule has 5 nitrogen and oxygen atoms in total. The summed E-state index contributed by atoms with van der Waals surface area (Å²) < 4.78 is 7.31. The molecule has 0 aliphatic carbocycles. The van der Waals surface area contributed by atoms with Gasteiger partial charge in [0.1, 0.15) is 5.75 Å². The first-order chi connectivity index (χ1) is 13.6. The van der Waals surface area contributed by atoms with Crippen molar-refractivity contribution in [1.82, 2.24) is 9.88 Å². The molecule has 0 aliphatic heterocycles. The van der Waals surface area contributed by atoms with Gasteiger partial charge in [-0.25, -0.2) is 0 Å². The minimum atomic E-state index is -0.0583. The highest BCUT2D eigenvalue weighted by Gasteiger charge is 2.17. The molecule has 2 aromatic carbocycles. The van der Waals surface area contributed by atoms with Gasteiger partial charge in [-0.3, -0.25) is 4.79 Å². The maximum absolute atomic E-state index is 12.6. The lowest BCUT2D eigenvalue weighted by Gasteiger charge is -2.20. The van der Waals surface area contributed by atoms with Crippen LogP contribution in [0.15, 0.2) is 73.1 Å². The first-order valence-corrected chi connectivity index (χ1v) is 9.36. The average molecular weight is 377 g/mol. The van der Waals surface area contributed by atoms with E-state index < -0.39 is 0 Å². The number of aromatic nitrogens is 1. The Hall–Kier alpha value is -3.21. The monoisotopic (exact) mass is 377 g/mol. The summed E-state index contributed by atoms with van der Waals surface area (Å²) in [5.74, 6) is 0.826. The van der Waals surface area contributed by atoms with E-state index in [1.807, 2.05) is 75.0 Å². The molecular weight excluding hydrogens is 350 g/mol. The number of hydrogen-bond donors (Lipinski definition) is 1. The second-order valence-corrected chi connectivity index (χ2v) is 6.96. The van der Waals surface area contributed by atoms with E-state index in [4.69, 9.17) is 4.74 Å². The van der Waals surface area contributed by atoms with E-state index in [0.717, 1.165) is 22.6 Å². The lowest BCUT2D eigenvalue weighted by molar-refractivity contribution is -0.121. The first-order valence-electron chi connectivity index (χ1n) is 9.36. The second kappa shape index (κ2) is 9.13. The van der Waals surface area contributed by atoms with Gasteiger partial charge in [-0.15, -0.1) is 0 Å². The van der Waals surface area contributed by atoms with Gasteiger partial charge in [0.2, 0.25) is 5.91 Å². The lowest BCUT2D eigenvalue weighted by Crippen LogP contribution is -2.26. The first kappa shape index (κ1) is 19.5. The highest BCUT2D eigenvalue weighted by atomic mass is 16.5. The van der Waals surface area contributed by atoms with E-state index in [0.29, 0.717) is 13.0 Å². The number of nitrogens with zero attached hydrogens (tertiary/aromatic N) is 2. The third kappa shape index (κ3) is 4.94. The number of nitrogens with one attached hydrogen (secondary N) is 1. The van der Waals surface area contributed by atoms with Crippen LogP contribution in [0, 0.1) is 0 Å². The van der Waals surface area contributed by atoms with Crippen LogP contribution < -0.4 is 15.0 Å². The molecule has 3 rings (SSSR count). The summed E-state index contributed by atoms with van der Waals surface area (Å²) in [6.45, 7) is 0.521. The third-order valence-electron chi connectivity index (χ3n) is 4.81. The van der Waals surface area contributed by atoms with Crippen molar-refractivity contribution in [2.24, 2.45) is 0 Å². The van der Waals surface area contributed by atoms with E-state index in [-0.39, 0.29) is 11.9 Å². The second-order valence-electron chi connectivity index (χ2n) is 6.96. The molecule has 0 radical (unpaired) electrons. The Morgan fingerprint density at radius 2 is 1.68 bits per heavy atom. The number of ether oxygens (including phenoxy) is 1. The Morgan fingerprint density at radius 1 is 1.04 bits per heavy atom. The van der Waals surface area contributed by atoms with Gasteiger partial charge >= 0.3 is 0 Å². The van der Waals surface area contributed by atoms with Crippen LogP contribution in [0.1, 0.15) is 23.6 Å². The van der Waals surface area contributed by atoms with E-state index in [9.17, 15) is 4.79 Å². The number of anilines is 1. The van der Waals surface area contributed by atoms with E-state index >= 15 is 0 Å². The molecule has 146 valence electrons. The number of carbonyl (C=O) groups is 1. The van der Waals surface area contributed by atoms with Crippen LogP contribution in [0.2, 0.25) is 0 Å². The predicted octanol–water partition coefficient (Wildman–Crippen LogP) is 3.86. The maximum atomic E-state index is 12.6. The van der Waals surface area contributed by atoms with Crippen LogP contribution in [-0.4, -0.2) is 31.7 Å². The molecule has 1 amide bonds. The van der Waals surface area contributed by atoms with Gasteiger partial charge in [0.05, 0.1) is 19.6 Å². The largest absolute Gasteiger partial charge is 0.497 e. The zero-order valence-electron chi connectivity index (χ0n) is 16.6. The van der Waals surface area contributed by atoms with Gasteiger partial charge < -0.3 is 19.5 Å². The molecule has 1 atom stereocenters. The fourth-order valence-corrected chi connectivity index (χ4v) is 3.14. The Balaban J connectivity index is 1.65. The zero-order chi connectivity index (χ0) is 19.9. The van der Waals surface area contributed by atoms with Crippen LogP contribution in [-0.2, 0) is 11.3 Å². The number of methoxy groups -OCH3 is 1. The van der Waals surface area contributed by atoms with Crippen molar-refractivity contribution in [2.45, 2.75) is 19.0 Å². The fourth-order valence-electron chi connectivity index (χ4n) is 3.14. The smallest absolute Gasteiger partial charge is 0.222 e. The quantitative estimate of drug-likeness (QED) is 0.648. The highest BCUT2D eigenvalue weighted by molar-refractivity contribution is 5.77. The molecule has 3 aromatic rings. The minimum absolute atomic E-state index is 0.0196. The molecule has 1 heterocycles. The van der Waals surface area contributed by atoms with Crippen molar-refractivity contribution in [2.75, 3.05) is 26.1 Å². The standard InChI is InChI=1S/C23H27N3O2/c1-25(2)20-10-6-18(7-11-20)17-24-23(27)16-22(26-14-4-5-15-26)19-8-12-21(28-3)13-9-19/h4-15,22H,16-17H2,1-3H3,(H,24,27). The molecule has 1 N–H and O–H groups in total. The minimum Gasteiger partial charge on any atom is -0.497 e. The number of benzene rings is 2. The molecule has 0 aliphatic rings. The number of carbonyl (C=O) groups excluding carboxylic acids is 1. The molecule has 0 saturated carbocycles. The van der Waals surface area contributed by atoms with E-state index in [1.54, 1.807) is 7.11 Å². The summed E-state index contributed by atoms with van der Waals surface area (Å²) in [7, 11) is 5.67. The molecule has 1 unspecified atom stereocenters. The molecular formula is C23H27N3O2. The average Bonchev–Trinajstić information content (AvgIpc) is 3.25. The molecule has 28 heavy (non-hydrogen) atoms. The van der Waals surface area contributed by atoms with Crippen LogP contribution in [0.25, 0.3) is 0 Å². The van der Waals surface area contributed by atoms with Crippen molar-refractivity contribution < 1.29 is 9.53 Å². The van der Waals surface area contributed by atoms with Crippen molar-refractivity contribution >= 4 is 11.6 Å². The fraction of sp³-hybridized carbons (Fsp3) is 0.261. The van der Waals surface area contributed by atoms with Gasteiger partial charge in [-0.1, -0.05) is 24.3 Å². The lowest BCUT2D eigenvalue weighted by atomic mass is 10.0. The van der Waals surface area contributed by atoms with Gasteiger partial charge in [0.25, 0.3) is 0 Å². The third-order valence-corrected chi connectivity index (χ3v) is 4.81. The predicted molar refractivity (Wildman–Crippen MR) is 113 cm³/mol. The summed E-state index contributed by atoms with van der Waals surface area (Å²) in [5, 5.41) is 3.04. The molecule has 0 bridgehead atoms. The van der Waals surface area contributed by atoms with Crippen molar-refractivity contribution in [3.63, 3.8) is 0 Å². The van der Waals surface area contributed by atoms with Gasteiger partial charge in [0, 0.05) is 38.7 Å². The summed E-state index contributed by atoms with van der Waals surface area (Å²) in [6.07, 6.45) is 4.35. The van der Waals surface area contributed by atoms with Crippen LogP contribution >= 0.6 is 0 Å². The SMILES string of the molecule is COc1ccc(C(CC(=O)NCc2ccc(N(C)C)cc2)n2cccc2)cc1. The summed E-state index contributed by atoms with van der Waals surface area (Å²) in [6, 6.07) is 20.0. The van der Waals surface area contributed by atoms with Crippen molar-refractivity contribution in [3.05, 3.63) is 84.2 Å². The normalized spacial score (nSPS) is 11.7. The summed E-state index contributed by atoms with van der Waals surface area (Å²) in [4.78, 5) is 14.7.